The highest BCUT2D eigenvalue weighted by atomic mass is 32.2. The maximum absolute atomic E-state index is 13.0. The van der Waals surface area contributed by atoms with Crippen LogP contribution in [-0.4, -0.2) is 50.4 Å². The third kappa shape index (κ3) is 4.13. The Labute approximate surface area is 121 Å². The van der Waals surface area contributed by atoms with Crippen LogP contribution in [0.1, 0.15) is 6.42 Å². The summed E-state index contributed by atoms with van der Waals surface area (Å²) in [6.07, 6.45) is 0.416. The zero-order valence-corrected chi connectivity index (χ0v) is 12.3. The SMILES string of the molecule is CN(C(=O)CNc1cc(F)cc(F)c1)[C@@H]1CCS(=O)(=O)C1. The molecule has 1 aromatic carbocycles. The molecule has 0 spiro atoms. The van der Waals surface area contributed by atoms with Crippen LogP contribution in [0.25, 0.3) is 0 Å². The van der Waals surface area contributed by atoms with E-state index >= 15 is 0 Å². The van der Waals surface area contributed by atoms with Gasteiger partial charge in [-0.25, -0.2) is 17.2 Å². The Hall–Kier alpha value is -1.70. The largest absolute Gasteiger partial charge is 0.376 e. The highest BCUT2D eigenvalue weighted by molar-refractivity contribution is 7.91. The van der Waals surface area contributed by atoms with Crippen LogP contribution >= 0.6 is 0 Å². The lowest BCUT2D eigenvalue weighted by Crippen LogP contribution is -2.40. The summed E-state index contributed by atoms with van der Waals surface area (Å²) in [6, 6.07) is 2.56. The molecule has 0 radical (unpaired) electrons. The van der Waals surface area contributed by atoms with Gasteiger partial charge in [0.2, 0.25) is 5.91 Å². The summed E-state index contributed by atoms with van der Waals surface area (Å²) >= 11 is 0. The molecule has 1 amide bonds. The number of hydrogen-bond donors (Lipinski definition) is 1. The standard InChI is InChI=1S/C13H16F2N2O3S/c1-17(12-2-3-21(19,20)8-12)13(18)7-16-11-5-9(14)4-10(15)6-11/h4-6,12,16H,2-3,7-8H2,1H3/t12-/m1/s1. The van der Waals surface area contributed by atoms with Gasteiger partial charge in [0, 0.05) is 24.8 Å². The van der Waals surface area contributed by atoms with E-state index in [4.69, 9.17) is 0 Å². The van der Waals surface area contributed by atoms with E-state index in [1.165, 1.54) is 11.9 Å². The van der Waals surface area contributed by atoms with Crippen LogP contribution in [0.3, 0.4) is 0 Å². The third-order valence-corrected chi connectivity index (χ3v) is 5.21. The van der Waals surface area contributed by atoms with Gasteiger partial charge >= 0.3 is 0 Å². The van der Waals surface area contributed by atoms with E-state index in [2.05, 4.69) is 5.32 Å². The van der Waals surface area contributed by atoms with E-state index in [9.17, 15) is 22.0 Å². The molecule has 1 aliphatic rings. The fraction of sp³-hybridized carbons (Fsp3) is 0.462. The maximum Gasteiger partial charge on any atom is 0.241 e. The van der Waals surface area contributed by atoms with E-state index < -0.39 is 21.5 Å². The number of anilines is 1. The number of carbonyl (C=O) groups excluding carboxylic acids is 1. The highest BCUT2D eigenvalue weighted by Crippen LogP contribution is 2.17. The lowest BCUT2D eigenvalue weighted by Gasteiger charge is -2.23. The molecule has 2 rings (SSSR count). The fourth-order valence-electron chi connectivity index (χ4n) is 2.24. The molecule has 5 nitrogen and oxygen atoms in total. The lowest BCUT2D eigenvalue weighted by molar-refractivity contribution is -0.129. The van der Waals surface area contributed by atoms with Gasteiger partial charge < -0.3 is 10.2 Å². The van der Waals surface area contributed by atoms with Crippen LogP contribution in [-0.2, 0) is 14.6 Å². The van der Waals surface area contributed by atoms with Crippen molar-refractivity contribution >= 4 is 21.4 Å². The molecule has 1 aliphatic heterocycles. The molecule has 116 valence electrons. The van der Waals surface area contributed by atoms with Crippen LogP contribution in [0, 0.1) is 11.6 Å². The first-order chi connectivity index (χ1) is 9.77. The first-order valence-electron chi connectivity index (χ1n) is 6.43. The van der Waals surface area contributed by atoms with Crippen LogP contribution in [0.15, 0.2) is 18.2 Å². The average molecular weight is 318 g/mol. The molecule has 1 heterocycles. The number of rotatable bonds is 4. The van der Waals surface area contributed by atoms with E-state index in [1.54, 1.807) is 0 Å². The number of sulfone groups is 1. The van der Waals surface area contributed by atoms with Gasteiger partial charge in [0.15, 0.2) is 9.84 Å². The summed E-state index contributed by atoms with van der Waals surface area (Å²) in [5, 5.41) is 2.63. The van der Waals surface area contributed by atoms with Crippen molar-refractivity contribution in [2.45, 2.75) is 12.5 Å². The summed E-state index contributed by atoms with van der Waals surface area (Å²) in [6.45, 7) is -0.157. The van der Waals surface area contributed by atoms with Crippen molar-refractivity contribution in [3.63, 3.8) is 0 Å². The topological polar surface area (TPSA) is 66.5 Å². The monoisotopic (exact) mass is 318 g/mol. The minimum absolute atomic E-state index is 0.0379. The molecule has 0 aromatic heterocycles. The van der Waals surface area contributed by atoms with Crippen molar-refractivity contribution in [3.8, 4) is 0 Å². The Kier molecular flexibility index (Phi) is 4.46. The predicted octanol–water partition coefficient (Wildman–Crippen LogP) is 1.02. The number of carbonyl (C=O) groups is 1. The smallest absolute Gasteiger partial charge is 0.241 e. The molecule has 1 saturated heterocycles. The Balaban J connectivity index is 1.92. The molecule has 0 unspecified atom stereocenters. The van der Waals surface area contributed by atoms with Gasteiger partial charge in [0.25, 0.3) is 0 Å². The number of nitrogens with one attached hydrogen (secondary N) is 1. The molecule has 0 saturated carbocycles. The first kappa shape index (κ1) is 15.7. The first-order valence-corrected chi connectivity index (χ1v) is 8.25. The van der Waals surface area contributed by atoms with E-state index in [0.717, 1.165) is 18.2 Å². The maximum atomic E-state index is 13.0. The predicted molar refractivity (Wildman–Crippen MR) is 74.7 cm³/mol. The molecule has 1 aromatic rings. The Morgan fingerprint density at radius 2 is 1.95 bits per heavy atom. The number of likely N-dealkylation sites (N-methyl/N-ethyl adjacent to an activating group) is 1. The second kappa shape index (κ2) is 5.97. The van der Waals surface area contributed by atoms with Gasteiger partial charge in [-0.1, -0.05) is 0 Å². The third-order valence-electron chi connectivity index (χ3n) is 3.46. The molecule has 0 bridgehead atoms. The number of amides is 1. The number of nitrogens with zero attached hydrogens (tertiary/aromatic N) is 1. The second-order valence-electron chi connectivity index (χ2n) is 5.07. The van der Waals surface area contributed by atoms with E-state index in [0.29, 0.717) is 6.42 Å². The van der Waals surface area contributed by atoms with Gasteiger partial charge in [0.1, 0.15) is 11.6 Å². The summed E-state index contributed by atoms with van der Waals surface area (Å²) in [5.41, 5.74) is 0.160. The van der Waals surface area contributed by atoms with Crippen LogP contribution in [0.4, 0.5) is 14.5 Å². The Bertz CT molecular complexity index is 629. The Morgan fingerprint density at radius 1 is 1.33 bits per heavy atom. The van der Waals surface area contributed by atoms with Crippen LogP contribution < -0.4 is 5.32 Å². The molecule has 21 heavy (non-hydrogen) atoms. The van der Waals surface area contributed by atoms with Gasteiger partial charge in [-0.15, -0.1) is 0 Å². The molecule has 1 atom stereocenters. The molecule has 8 heteroatoms. The normalized spacial score (nSPS) is 20.2. The van der Waals surface area contributed by atoms with Crippen molar-refractivity contribution in [3.05, 3.63) is 29.8 Å². The van der Waals surface area contributed by atoms with Crippen LogP contribution in [0.2, 0.25) is 0 Å². The van der Waals surface area contributed by atoms with Gasteiger partial charge in [-0.3, -0.25) is 4.79 Å². The lowest BCUT2D eigenvalue weighted by atomic mass is 10.2. The molecule has 0 aliphatic carbocycles. The Morgan fingerprint density at radius 3 is 2.48 bits per heavy atom. The minimum atomic E-state index is -3.07. The summed E-state index contributed by atoms with van der Waals surface area (Å²) in [7, 11) is -1.54. The van der Waals surface area contributed by atoms with E-state index in [-0.39, 0.29) is 35.7 Å². The molecular formula is C13H16F2N2O3S. The van der Waals surface area contributed by atoms with Crippen molar-refractivity contribution in [1.29, 1.82) is 0 Å². The summed E-state index contributed by atoms with van der Waals surface area (Å²) in [5.74, 6) is -1.76. The number of benzene rings is 1. The fourth-order valence-corrected chi connectivity index (χ4v) is 4.02. The average Bonchev–Trinajstić information content (AvgIpc) is 2.74. The zero-order chi connectivity index (χ0) is 15.6. The summed E-state index contributed by atoms with van der Waals surface area (Å²) < 4.78 is 48.8. The highest BCUT2D eigenvalue weighted by Gasteiger charge is 2.32. The summed E-state index contributed by atoms with van der Waals surface area (Å²) in [4.78, 5) is 13.3. The molecular weight excluding hydrogens is 302 g/mol. The van der Waals surface area contributed by atoms with Crippen molar-refractivity contribution in [2.24, 2.45) is 0 Å². The number of halogens is 2. The van der Waals surface area contributed by atoms with Crippen LogP contribution in [0.5, 0.6) is 0 Å². The van der Waals surface area contributed by atoms with Crippen molar-refractivity contribution in [2.75, 3.05) is 30.4 Å². The quantitative estimate of drug-likeness (QED) is 0.900. The van der Waals surface area contributed by atoms with E-state index in [1.807, 2.05) is 0 Å². The van der Waals surface area contributed by atoms with Gasteiger partial charge in [-0.2, -0.15) is 0 Å². The van der Waals surface area contributed by atoms with Crippen molar-refractivity contribution in [1.82, 2.24) is 4.90 Å². The second-order valence-corrected chi connectivity index (χ2v) is 7.30. The van der Waals surface area contributed by atoms with Gasteiger partial charge in [0.05, 0.1) is 18.1 Å². The van der Waals surface area contributed by atoms with Crippen molar-refractivity contribution < 1.29 is 22.0 Å². The van der Waals surface area contributed by atoms with Gasteiger partial charge in [-0.05, 0) is 18.6 Å². The minimum Gasteiger partial charge on any atom is -0.376 e. The molecule has 1 fully saturated rings. The zero-order valence-electron chi connectivity index (χ0n) is 11.5. The molecule has 1 N–H and O–H groups in total. The number of hydrogen-bond acceptors (Lipinski definition) is 4.